The summed E-state index contributed by atoms with van der Waals surface area (Å²) in [7, 11) is 0. The molecule has 4 aromatic rings. The Labute approximate surface area is 134 Å². The Kier molecular flexibility index (Phi) is 3.42. The third-order valence-electron chi connectivity index (χ3n) is 2.91. The largest absolute Gasteiger partial charge is 0.244 e. The lowest BCUT2D eigenvalue weighted by atomic mass is 10.3. The first-order chi connectivity index (χ1) is 10.9. The highest BCUT2D eigenvalue weighted by molar-refractivity contribution is 7.22. The lowest BCUT2D eigenvalue weighted by Gasteiger charge is -2.00. The molecule has 22 heavy (non-hydrogen) atoms. The SMILES string of the molecule is c1cnc(-c2cccc(-c3ncc(-c4nccs4)s3)n2)nc1. The summed E-state index contributed by atoms with van der Waals surface area (Å²) >= 11 is 3.18. The second-order valence-electron chi connectivity index (χ2n) is 4.35. The fourth-order valence-electron chi connectivity index (χ4n) is 1.95. The summed E-state index contributed by atoms with van der Waals surface area (Å²) < 4.78 is 0. The number of thiazole rings is 2. The minimum absolute atomic E-state index is 0.612. The zero-order chi connectivity index (χ0) is 14.8. The van der Waals surface area contributed by atoms with Crippen molar-refractivity contribution in [3.8, 4) is 32.1 Å². The average Bonchev–Trinajstić information content (AvgIpc) is 3.27. The van der Waals surface area contributed by atoms with Crippen molar-refractivity contribution in [2.45, 2.75) is 0 Å². The van der Waals surface area contributed by atoms with Crippen LogP contribution in [0.2, 0.25) is 0 Å². The van der Waals surface area contributed by atoms with E-state index in [2.05, 4.69) is 24.9 Å². The maximum Gasteiger partial charge on any atom is 0.178 e. The highest BCUT2D eigenvalue weighted by Gasteiger charge is 2.11. The number of nitrogens with zero attached hydrogens (tertiary/aromatic N) is 5. The van der Waals surface area contributed by atoms with Crippen LogP contribution in [0, 0.1) is 0 Å². The van der Waals surface area contributed by atoms with Crippen LogP contribution in [0.4, 0.5) is 0 Å². The van der Waals surface area contributed by atoms with Gasteiger partial charge in [-0.1, -0.05) is 6.07 Å². The summed E-state index contributed by atoms with van der Waals surface area (Å²) in [5.74, 6) is 0.612. The van der Waals surface area contributed by atoms with E-state index in [1.54, 1.807) is 47.3 Å². The van der Waals surface area contributed by atoms with E-state index >= 15 is 0 Å². The fraction of sp³-hybridized carbons (Fsp3) is 0. The van der Waals surface area contributed by atoms with Gasteiger partial charge in [0, 0.05) is 30.2 Å². The van der Waals surface area contributed by atoms with E-state index in [1.165, 1.54) is 0 Å². The normalized spacial score (nSPS) is 10.7. The van der Waals surface area contributed by atoms with E-state index in [1.807, 2.05) is 29.8 Å². The van der Waals surface area contributed by atoms with Gasteiger partial charge in [-0.15, -0.1) is 22.7 Å². The van der Waals surface area contributed by atoms with Gasteiger partial charge in [-0.2, -0.15) is 0 Å². The molecule has 0 aliphatic rings. The Balaban J connectivity index is 1.72. The van der Waals surface area contributed by atoms with E-state index in [0.29, 0.717) is 5.82 Å². The van der Waals surface area contributed by atoms with E-state index in [0.717, 1.165) is 26.3 Å². The smallest absolute Gasteiger partial charge is 0.178 e. The number of aromatic nitrogens is 5. The van der Waals surface area contributed by atoms with E-state index in [-0.39, 0.29) is 0 Å². The molecular weight excluding hydrogens is 314 g/mol. The first kappa shape index (κ1) is 13.2. The lowest BCUT2D eigenvalue weighted by molar-refractivity contribution is 1.14. The molecule has 0 aliphatic carbocycles. The molecule has 0 bridgehead atoms. The van der Waals surface area contributed by atoms with Gasteiger partial charge in [0.2, 0.25) is 0 Å². The van der Waals surface area contributed by atoms with Crippen molar-refractivity contribution in [1.29, 1.82) is 0 Å². The first-order valence-corrected chi connectivity index (χ1v) is 8.20. The maximum absolute atomic E-state index is 4.61. The molecule has 0 aliphatic heterocycles. The average molecular weight is 323 g/mol. The monoisotopic (exact) mass is 323 g/mol. The Hall–Kier alpha value is -2.51. The summed E-state index contributed by atoms with van der Waals surface area (Å²) in [4.78, 5) is 22.9. The van der Waals surface area contributed by atoms with Crippen molar-refractivity contribution < 1.29 is 0 Å². The van der Waals surface area contributed by atoms with Gasteiger partial charge in [0.05, 0.1) is 10.6 Å². The molecule has 5 nitrogen and oxygen atoms in total. The van der Waals surface area contributed by atoms with Gasteiger partial charge in [0.25, 0.3) is 0 Å². The number of hydrogen-bond donors (Lipinski definition) is 0. The minimum atomic E-state index is 0.612. The Morgan fingerprint density at radius 3 is 2.45 bits per heavy atom. The van der Waals surface area contributed by atoms with Crippen LogP contribution in [0.1, 0.15) is 0 Å². The molecule has 0 atom stereocenters. The highest BCUT2D eigenvalue weighted by Crippen LogP contribution is 2.32. The van der Waals surface area contributed by atoms with Gasteiger partial charge in [0.15, 0.2) is 5.82 Å². The molecule has 106 valence electrons. The van der Waals surface area contributed by atoms with Crippen LogP contribution in [0.15, 0.2) is 54.4 Å². The van der Waals surface area contributed by atoms with E-state index in [9.17, 15) is 0 Å². The Morgan fingerprint density at radius 2 is 1.64 bits per heavy atom. The molecule has 4 aromatic heterocycles. The molecule has 0 saturated heterocycles. The van der Waals surface area contributed by atoms with Gasteiger partial charge in [-0.05, 0) is 18.2 Å². The van der Waals surface area contributed by atoms with Gasteiger partial charge in [-0.25, -0.2) is 24.9 Å². The number of pyridine rings is 1. The van der Waals surface area contributed by atoms with Crippen molar-refractivity contribution in [2.75, 3.05) is 0 Å². The fourth-order valence-corrected chi connectivity index (χ4v) is 3.53. The molecule has 0 radical (unpaired) electrons. The summed E-state index contributed by atoms with van der Waals surface area (Å²) in [5, 5.41) is 3.80. The molecule has 0 amide bonds. The van der Waals surface area contributed by atoms with Crippen LogP contribution in [-0.4, -0.2) is 24.9 Å². The highest BCUT2D eigenvalue weighted by atomic mass is 32.1. The predicted octanol–water partition coefficient (Wildman–Crippen LogP) is 3.79. The van der Waals surface area contributed by atoms with Crippen LogP contribution < -0.4 is 0 Å². The van der Waals surface area contributed by atoms with Crippen LogP contribution in [-0.2, 0) is 0 Å². The summed E-state index contributed by atoms with van der Waals surface area (Å²) in [6.45, 7) is 0. The summed E-state index contributed by atoms with van der Waals surface area (Å²) in [6, 6.07) is 7.57. The van der Waals surface area contributed by atoms with Gasteiger partial charge >= 0.3 is 0 Å². The van der Waals surface area contributed by atoms with Gasteiger partial charge < -0.3 is 0 Å². The molecule has 0 N–H and O–H groups in total. The zero-order valence-corrected chi connectivity index (χ0v) is 12.9. The molecule has 0 spiro atoms. The topological polar surface area (TPSA) is 64.5 Å². The van der Waals surface area contributed by atoms with Crippen molar-refractivity contribution in [1.82, 2.24) is 24.9 Å². The number of rotatable bonds is 3. The Bertz CT molecular complexity index is 887. The van der Waals surface area contributed by atoms with Crippen molar-refractivity contribution in [3.05, 3.63) is 54.4 Å². The molecule has 4 rings (SSSR count). The molecule has 7 heteroatoms. The van der Waals surface area contributed by atoms with E-state index in [4.69, 9.17) is 0 Å². The van der Waals surface area contributed by atoms with Gasteiger partial charge in [-0.3, -0.25) is 0 Å². The van der Waals surface area contributed by atoms with Crippen molar-refractivity contribution >= 4 is 22.7 Å². The number of hydrogen-bond acceptors (Lipinski definition) is 7. The van der Waals surface area contributed by atoms with E-state index < -0.39 is 0 Å². The second kappa shape index (κ2) is 5.70. The molecule has 4 heterocycles. The first-order valence-electron chi connectivity index (χ1n) is 6.51. The maximum atomic E-state index is 4.61. The van der Waals surface area contributed by atoms with Gasteiger partial charge in [0.1, 0.15) is 15.7 Å². The standard InChI is InChI=1S/C15H9N5S2/c1-3-10(13-16-5-2-6-17-13)20-11(4-1)14-19-9-12(22-14)15-18-7-8-21-15/h1-9H. The third-order valence-corrected chi connectivity index (χ3v) is 4.87. The zero-order valence-electron chi connectivity index (χ0n) is 11.2. The van der Waals surface area contributed by atoms with Crippen LogP contribution in [0.5, 0.6) is 0 Å². The van der Waals surface area contributed by atoms with Crippen LogP contribution in [0.25, 0.3) is 32.1 Å². The molecule has 0 unspecified atom stereocenters. The second-order valence-corrected chi connectivity index (χ2v) is 6.27. The molecule has 0 fully saturated rings. The summed E-state index contributed by atoms with van der Waals surface area (Å²) in [6.07, 6.45) is 7.05. The summed E-state index contributed by atoms with van der Waals surface area (Å²) in [5.41, 5.74) is 1.56. The molecule has 0 saturated carbocycles. The van der Waals surface area contributed by atoms with Crippen LogP contribution in [0.3, 0.4) is 0 Å². The third kappa shape index (κ3) is 2.51. The quantitative estimate of drug-likeness (QED) is 0.574. The van der Waals surface area contributed by atoms with Crippen LogP contribution >= 0.6 is 22.7 Å². The van der Waals surface area contributed by atoms with Crippen molar-refractivity contribution in [2.24, 2.45) is 0 Å². The lowest BCUT2D eigenvalue weighted by Crippen LogP contribution is -1.91. The van der Waals surface area contributed by atoms with Crippen molar-refractivity contribution in [3.63, 3.8) is 0 Å². The minimum Gasteiger partial charge on any atom is -0.244 e. The predicted molar refractivity (Wildman–Crippen MR) is 87.5 cm³/mol. The molecular formula is C15H9N5S2. The Morgan fingerprint density at radius 1 is 0.773 bits per heavy atom. The molecule has 0 aromatic carbocycles.